The topological polar surface area (TPSA) is 55.6 Å². The summed E-state index contributed by atoms with van der Waals surface area (Å²) in [6, 6.07) is 7.99. The molecule has 0 saturated heterocycles. The molecule has 4 nitrogen and oxygen atoms in total. The van der Waals surface area contributed by atoms with Gasteiger partial charge in [-0.15, -0.1) is 0 Å². The molecular weight excluding hydrogens is 216 g/mol. The van der Waals surface area contributed by atoms with Gasteiger partial charge in [0.2, 0.25) is 5.91 Å². The van der Waals surface area contributed by atoms with Crippen molar-refractivity contribution in [3.63, 3.8) is 0 Å². The lowest BCUT2D eigenvalue weighted by Crippen LogP contribution is -2.33. The smallest absolute Gasteiger partial charge is 0.236 e. The number of likely N-dealkylation sites (N-methyl/N-ethyl adjacent to an activating group) is 1. The van der Waals surface area contributed by atoms with E-state index in [1.165, 1.54) is 5.56 Å². The van der Waals surface area contributed by atoms with Crippen molar-refractivity contribution < 1.29 is 9.53 Å². The molecule has 4 heteroatoms. The number of carbonyl (C=O) groups is 1. The first-order valence-corrected chi connectivity index (χ1v) is 5.74. The molecule has 0 atom stereocenters. The van der Waals surface area contributed by atoms with Crippen LogP contribution < -0.4 is 10.5 Å². The van der Waals surface area contributed by atoms with Crippen molar-refractivity contribution in [2.75, 3.05) is 27.2 Å². The van der Waals surface area contributed by atoms with E-state index in [1.807, 2.05) is 24.3 Å². The summed E-state index contributed by atoms with van der Waals surface area (Å²) in [6.07, 6.45) is 1.89. The lowest BCUT2D eigenvalue weighted by molar-refractivity contribution is -0.128. The Kier molecular flexibility index (Phi) is 5.49. The quantitative estimate of drug-likeness (QED) is 0.803. The normalized spacial score (nSPS) is 10.1. The highest BCUT2D eigenvalue weighted by Gasteiger charge is 2.05. The average Bonchev–Trinajstić information content (AvgIpc) is 2.38. The zero-order valence-electron chi connectivity index (χ0n) is 10.5. The van der Waals surface area contributed by atoms with Gasteiger partial charge in [-0.2, -0.15) is 0 Å². The summed E-state index contributed by atoms with van der Waals surface area (Å²) < 4.78 is 5.09. The van der Waals surface area contributed by atoms with E-state index in [0.29, 0.717) is 0 Å². The number of hydrogen-bond donors (Lipinski definition) is 1. The minimum Gasteiger partial charge on any atom is -0.497 e. The van der Waals surface area contributed by atoms with E-state index in [0.717, 1.165) is 25.1 Å². The van der Waals surface area contributed by atoms with Crippen molar-refractivity contribution >= 4 is 5.91 Å². The fourth-order valence-electron chi connectivity index (χ4n) is 1.59. The molecule has 0 fully saturated rings. The van der Waals surface area contributed by atoms with Crippen molar-refractivity contribution in [3.8, 4) is 5.75 Å². The van der Waals surface area contributed by atoms with Crippen molar-refractivity contribution in [1.29, 1.82) is 0 Å². The van der Waals surface area contributed by atoms with Gasteiger partial charge in [-0.25, -0.2) is 0 Å². The molecule has 1 amide bonds. The van der Waals surface area contributed by atoms with Gasteiger partial charge in [0.1, 0.15) is 5.75 Å². The van der Waals surface area contributed by atoms with Gasteiger partial charge in [0.05, 0.1) is 13.7 Å². The van der Waals surface area contributed by atoms with Gasteiger partial charge < -0.3 is 15.4 Å². The summed E-state index contributed by atoms with van der Waals surface area (Å²) in [4.78, 5) is 12.9. The van der Waals surface area contributed by atoms with E-state index in [-0.39, 0.29) is 12.5 Å². The molecular formula is C13H20N2O2. The fraction of sp³-hybridized carbons (Fsp3) is 0.462. The van der Waals surface area contributed by atoms with E-state index in [2.05, 4.69) is 0 Å². The summed E-state index contributed by atoms with van der Waals surface area (Å²) in [5.41, 5.74) is 6.53. The predicted molar refractivity (Wildman–Crippen MR) is 68.0 cm³/mol. The van der Waals surface area contributed by atoms with Gasteiger partial charge in [-0.05, 0) is 30.5 Å². The molecule has 0 radical (unpaired) electrons. The van der Waals surface area contributed by atoms with Crippen LogP contribution in [0, 0.1) is 0 Å². The highest BCUT2D eigenvalue weighted by molar-refractivity contribution is 5.77. The zero-order chi connectivity index (χ0) is 12.7. The SMILES string of the molecule is COc1ccc(CCCN(C)C(=O)CN)cc1. The second kappa shape index (κ2) is 6.91. The van der Waals surface area contributed by atoms with E-state index in [1.54, 1.807) is 19.1 Å². The Morgan fingerprint density at radius 1 is 1.35 bits per heavy atom. The Morgan fingerprint density at radius 2 is 2.00 bits per heavy atom. The maximum absolute atomic E-state index is 11.2. The number of benzene rings is 1. The molecule has 94 valence electrons. The molecule has 2 N–H and O–H groups in total. The Labute approximate surface area is 102 Å². The molecule has 0 bridgehead atoms. The average molecular weight is 236 g/mol. The first-order valence-electron chi connectivity index (χ1n) is 5.74. The standard InChI is InChI=1S/C13H20N2O2/c1-15(13(16)10-14)9-3-4-11-5-7-12(17-2)8-6-11/h5-8H,3-4,9-10,14H2,1-2H3. The zero-order valence-corrected chi connectivity index (χ0v) is 10.5. The van der Waals surface area contributed by atoms with Crippen LogP contribution in [0.1, 0.15) is 12.0 Å². The summed E-state index contributed by atoms with van der Waals surface area (Å²) in [5, 5.41) is 0. The lowest BCUT2D eigenvalue weighted by Gasteiger charge is -2.15. The van der Waals surface area contributed by atoms with E-state index < -0.39 is 0 Å². The Morgan fingerprint density at radius 3 is 2.53 bits per heavy atom. The first kappa shape index (κ1) is 13.5. The highest BCUT2D eigenvalue weighted by Crippen LogP contribution is 2.12. The Balaban J connectivity index is 2.33. The molecule has 0 aliphatic rings. The second-order valence-electron chi connectivity index (χ2n) is 3.97. The van der Waals surface area contributed by atoms with Gasteiger partial charge >= 0.3 is 0 Å². The second-order valence-corrected chi connectivity index (χ2v) is 3.97. The number of nitrogens with zero attached hydrogens (tertiary/aromatic N) is 1. The summed E-state index contributed by atoms with van der Waals surface area (Å²) >= 11 is 0. The highest BCUT2D eigenvalue weighted by atomic mass is 16.5. The Bertz CT molecular complexity index is 349. The monoisotopic (exact) mass is 236 g/mol. The van der Waals surface area contributed by atoms with Crippen LogP contribution in [-0.4, -0.2) is 38.1 Å². The predicted octanol–water partition coefficient (Wildman–Crippen LogP) is 1.04. The third-order valence-corrected chi connectivity index (χ3v) is 2.72. The van der Waals surface area contributed by atoms with Crippen LogP contribution in [0.2, 0.25) is 0 Å². The maximum atomic E-state index is 11.2. The van der Waals surface area contributed by atoms with Crippen molar-refractivity contribution in [1.82, 2.24) is 4.90 Å². The van der Waals surface area contributed by atoms with Crippen molar-refractivity contribution in [2.45, 2.75) is 12.8 Å². The minimum absolute atomic E-state index is 0.0141. The van der Waals surface area contributed by atoms with Crippen LogP contribution in [0.4, 0.5) is 0 Å². The summed E-state index contributed by atoms with van der Waals surface area (Å²) in [5.74, 6) is 0.851. The van der Waals surface area contributed by atoms with Crippen LogP contribution in [0.5, 0.6) is 5.75 Å². The number of methoxy groups -OCH3 is 1. The number of aryl methyl sites for hydroxylation is 1. The first-order chi connectivity index (χ1) is 8.17. The Hall–Kier alpha value is -1.55. The maximum Gasteiger partial charge on any atom is 0.236 e. The molecule has 17 heavy (non-hydrogen) atoms. The van der Waals surface area contributed by atoms with E-state index in [9.17, 15) is 4.79 Å². The molecule has 0 spiro atoms. The number of hydrogen-bond acceptors (Lipinski definition) is 3. The molecule has 0 heterocycles. The van der Waals surface area contributed by atoms with E-state index in [4.69, 9.17) is 10.5 Å². The molecule has 0 saturated carbocycles. The van der Waals surface area contributed by atoms with Crippen LogP contribution >= 0.6 is 0 Å². The van der Waals surface area contributed by atoms with Gasteiger partial charge in [0.25, 0.3) is 0 Å². The molecule has 1 rings (SSSR count). The van der Waals surface area contributed by atoms with Gasteiger partial charge in [0.15, 0.2) is 0 Å². The minimum atomic E-state index is -0.0141. The van der Waals surface area contributed by atoms with Crippen LogP contribution in [0.15, 0.2) is 24.3 Å². The van der Waals surface area contributed by atoms with Crippen LogP contribution in [0.3, 0.4) is 0 Å². The summed E-state index contributed by atoms with van der Waals surface area (Å²) in [6.45, 7) is 0.821. The third kappa shape index (κ3) is 4.44. The number of carbonyl (C=O) groups excluding carboxylic acids is 1. The molecule has 1 aromatic rings. The largest absolute Gasteiger partial charge is 0.497 e. The third-order valence-electron chi connectivity index (χ3n) is 2.72. The van der Waals surface area contributed by atoms with E-state index >= 15 is 0 Å². The molecule has 0 aromatic heterocycles. The number of ether oxygens (including phenoxy) is 1. The van der Waals surface area contributed by atoms with Gasteiger partial charge in [0, 0.05) is 13.6 Å². The number of amides is 1. The van der Waals surface area contributed by atoms with Crippen molar-refractivity contribution in [3.05, 3.63) is 29.8 Å². The summed E-state index contributed by atoms with van der Waals surface area (Å²) in [7, 11) is 3.44. The lowest BCUT2D eigenvalue weighted by atomic mass is 10.1. The molecule has 0 aliphatic heterocycles. The fourth-order valence-corrected chi connectivity index (χ4v) is 1.59. The molecule has 0 aliphatic carbocycles. The van der Waals surface area contributed by atoms with Crippen molar-refractivity contribution in [2.24, 2.45) is 5.73 Å². The van der Waals surface area contributed by atoms with Gasteiger partial charge in [-0.1, -0.05) is 12.1 Å². The molecule has 1 aromatic carbocycles. The van der Waals surface area contributed by atoms with Gasteiger partial charge in [-0.3, -0.25) is 4.79 Å². The number of rotatable bonds is 6. The van der Waals surface area contributed by atoms with Crippen LogP contribution in [0.25, 0.3) is 0 Å². The van der Waals surface area contributed by atoms with Crippen LogP contribution in [-0.2, 0) is 11.2 Å². The molecule has 0 unspecified atom stereocenters. The number of nitrogens with two attached hydrogens (primary N) is 1.